The number of fused-ring (bicyclic) bond motifs is 1. The van der Waals surface area contributed by atoms with Gasteiger partial charge in [-0.15, -0.1) is 0 Å². The maximum Gasteiger partial charge on any atom is 0.0957 e. The average molecular weight is 254 g/mol. The van der Waals surface area contributed by atoms with Crippen LogP contribution in [0.4, 0.5) is 5.69 Å². The molecule has 98 valence electrons. The number of anilines is 1. The van der Waals surface area contributed by atoms with Gasteiger partial charge < -0.3 is 10.0 Å². The minimum atomic E-state index is -0.454. The highest BCUT2D eigenvalue weighted by Gasteiger charge is 2.18. The Morgan fingerprint density at radius 3 is 2.37 bits per heavy atom. The molecular formula is C16H18N2O. The van der Waals surface area contributed by atoms with E-state index in [0.717, 1.165) is 24.5 Å². The number of benzene rings is 1. The molecule has 0 fully saturated rings. The summed E-state index contributed by atoms with van der Waals surface area (Å²) in [5.74, 6) is 0. The Hall–Kier alpha value is -1.87. The molecule has 0 amide bonds. The summed E-state index contributed by atoms with van der Waals surface area (Å²) in [7, 11) is 0. The van der Waals surface area contributed by atoms with Crippen molar-refractivity contribution in [1.82, 2.24) is 4.98 Å². The van der Waals surface area contributed by atoms with Crippen LogP contribution < -0.4 is 4.90 Å². The van der Waals surface area contributed by atoms with E-state index in [0.29, 0.717) is 6.42 Å². The van der Waals surface area contributed by atoms with Crippen molar-refractivity contribution in [2.45, 2.75) is 32.5 Å². The summed E-state index contributed by atoms with van der Waals surface area (Å²) in [6, 6.07) is 12.5. The highest BCUT2D eigenvalue weighted by atomic mass is 16.3. The van der Waals surface area contributed by atoms with E-state index in [9.17, 15) is 5.11 Å². The van der Waals surface area contributed by atoms with E-state index in [1.807, 2.05) is 25.3 Å². The standard InChI is InChI=1S/C16H18N2O/c1-2-16(19)15-8-7-14(9-17-15)18-10-12-5-3-4-6-13(12)11-18/h3-9,16,19H,2,10-11H2,1H3. The average Bonchev–Trinajstić information content (AvgIpc) is 2.90. The molecule has 19 heavy (non-hydrogen) atoms. The number of hydrogen-bond donors (Lipinski definition) is 1. The van der Waals surface area contributed by atoms with Gasteiger partial charge in [-0.1, -0.05) is 31.2 Å². The van der Waals surface area contributed by atoms with Gasteiger partial charge in [0, 0.05) is 13.1 Å². The highest BCUT2D eigenvalue weighted by molar-refractivity contribution is 5.50. The van der Waals surface area contributed by atoms with Crippen molar-refractivity contribution in [1.29, 1.82) is 0 Å². The van der Waals surface area contributed by atoms with E-state index in [2.05, 4.69) is 34.1 Å². The van der Waals surface area contributed by atoms with Crippen LogP contribution in [0.25, 0.3) is 0 Å². The summed E-state index contributed by atoms with van der Waals surface area (Å²) in [6.45, 7) is 3.83. The Morgan fingerprint density at radius 1 is 1.16 bits per heavy atom. The monoisotopic (exact) mass is 254 g/mol. The first-order valence-electron chi connectivity index (χ1n) is 6.73. The van der Waals surface area contributed by atoms with Crippen LogP contribution in [-0.2, 0) is 13.1 Å². The third-order valence-corrected chi connectivity index (χ3v) is 3.70. The Kier molecular flexibility index (Phi) is 3.22. The predicted octanol–water partition coefficient (Wildman–Crippen LogP) is 3.05. The van der Waals surface area contributed by atoms with Crippen molar-refractivity contribution >= 4 is 5.69 Å². The quantitative estimate of drug-likeness (QED) is 0.914. The first-order chi connectivity index (χ1) is 9.28. The molecule has 1 aromatic carbocycles. The maximum atomic E-state index is 9.75. The number of hydrogen-bond acceptors (Lipinski definition) is 3. The van der Waals surface area contributed by atoms with Gasteiger partial charge in [0.1, 0.15) is 0 Å². The third kappa shape index (κ3) is 2.34. The number of pyridine rings is 1. The second kappa shape index (κ2) is 5.02. The highest BCUT2D eigenvalue weighted by Crippen LogP contribution is 2.28. The SMILES string of the molecule is CCC(O)c1ccc(N2Cc3ccccc3C2)cn1. The first kappa shape index (κ1) is 12.2. The normalized spacial score (nSPS) is 15.4. The van der Waals surface area contributed by atoms with Gasteiger partial charge in [-0.2, -0.15) is 0 Å². The summed E-state index contributed by atoms with van der Waals surface area (Å²) < 4.78 is 0. The van der Waals surface area contributed by atoms with Gasteiger partial charge in [0.05, 0.1) is 23.7 Å². The van der Waals surface area contributed by atoms with Crippen LogP contribution in [0.15, 0.2) is 42.6 Å². The van der Waals surface area contributed by atoms with Crippen molar-refractivity contribution in [2.24, 2.45) is 0 Å². The summed E-state index contributed by atoms with van der Waals surface area (Å²) in [5, 5.41) is 9.75. The molecule has 0 aliphatic carbocycles. The summed E-state index contributed by atoms with van der Waals surface area (Å²) in [6.07, 6.45) is 2.10. The maximum absolute atomic E-state index is 9.75. The number of nitrogens with zero attached hydrogens (tertiary/aromatic N) is 2. The zero-order valence-corrected chi connectivity index (χ0v) is 11.1. The lowest BCUT2D eigenvalue weighted by atomic mass is 10.1. The Balaban J connectivity index is 1.78. The molecule has 0 saturated carbocycles. The molecule has 0 saturated heterocycles. The van der Waals surface area contributed by atoms with Crippen molar-refractivity contribution in [3.05, 3.63) is 59.4 Å². The van der Waals surface area contributed by atoms with Crippen molar-refractivity contribution in [3.8, 4) is 0 Å². The fraction of sp³-hybridized carbons (Fsp3) is 0.312. The molecule has 1 aliphatic heterocycles. The molecule has 1 unspecified atom stereocenters. The molecule has 0 radical (unpaired) electrons. The zero-order valence-electron chi connectivity index (χ0n) is 11.1. The lowest BCUT2D eigenvalue weighted by Crippen LogP contribution is -2.15. The molecular weight excluding hydrogens is 236 g/mol. The lowest BCUT2D eigenvalue weighted by molar-refractivity contribution is 0.169. The number of aliphatic hydroxyl groups excluding tert-OH is 1. The van der Waals surface area contributed by atoms with Gasteiger partial charge in [0.25, 0.3) is 0 Å². The Morgan fingerprint density at radius 2 is 1.84 bits per heavy atom. The first-order valence-corrected chi connectivity index (χ1v) is 6.73. The van der Waals surface area contributed by atoms with Crippen LogP contribution >= 0.6 is 0 Å². The fourth-order valence-electron chi connectivity index (χ4n) is 2.51. The molecule has 0 spiro atoms. The van der Waals surface area contributed by atoms with Crippen LogP contribution in [0.1, 0.15) is 36.3 Å². The number of aromatic nitrogens is 1. The molecule has 0 bridgehead atoms. The summed E-state index contributed by atoms with van der Waals surface area (Å²) in [5.41, 5.74) is 4.64. The molecule has 1 aromatic heterocycles. The summed E-state index contributed by atoms with van der Waals surface area (Å²) >= 11 is 0. The molecule has 1 N–H and O–H groups in total. The van der Waals surface area contributed by atoms with Crippen LogP contribution in [0.3, 0.4) is 0 Å². The fourth-order valence-corrected chi connectivity index (χ4v) is 2.51. The van der Waals surface area contributed by atoms with Crippen LogP contribution in [-0.4, -0.2) is 10.1 Å². The second-order valence-electron chi connectivity index (χ2n) is 4.99. The summed E-state index contributed by atoms with van der Waals surface area (Å²) in [4.78, 5) is 6.67. The van der Waals surface area contributed by atoms with Crippen molar-refractivity contribution < 1.29 is 5.11 Å². The van der Waals surface area contributed by atoms with Gasteiger partial charge >= 0.3 is 0 Å². The van der Waals surface area contributed by atoms with Gasteiger partial charge in [-0.05, 0) is 29.7 Å². The van der Waals surface area contributed by atoms with E-state index < -0.39 is 6.10 Å². The molecule has 2 heterocycles. The number of aliphatic hydroxyl groups is 1. The van der Waals surface area contributed by atoms with Gasteiger partial charge in [-0.25, -0.2) is 0 Å². The molecule has 2 aromatic rings. The predicted molar refractivity (Wildman–Crippen MR) is 75.8 cm³/mol. The van der Waals surface area contributed by atoms with Crippen molar-refractivity contribution in [3.63, 3.8) is 0 Å². The molecule has 3 nitrogen and oxygen atoms in total. The smallest absolute Gasteiger partial charge is 0.0957 e. The molecule has 3 heteroatoms. The van der Waals surface area contributed by atoms with E-state index in [-0.39, 0.29) is 0 Å². The van der Waals surface area contributed by atoms with Gasteiger partial charge in [0.15, 0.2) is 0 Å². The topological polar surface area (TPSA) is 36.4 Å². The third-order valence-electron chi connectivity index (χ3n) is 3.70. The van der Waals surface area contributed by atoms with E-state index in [4.69, 9.17) is 0 Å². The molecule has 1 atom stereocenters. The van der Waals surface area contributed by atoms with Crippen LogP contribution in [0.5, 0.6) is 0 Å². The number of rotatable bonds is 3. The minimum absolute atomic E-state index is 0.454. The van der Waals surface area contributed by atoms with E-state index in [1.54, 1.807) is 0 Å². The van der Waals surface area contributed by atoms with Gasteiger partial charge in [0.2, 0.25) is 0 Å². The lowest BCUT2D eigenvalue weighted by Gasteiger charge is -2.18. The second-order valence-corrected chi connectivity index (χ2v) is 4.99. The minimum Gasteiger partial charge on any atom is -0.387 e. The van der Waals surface area contributed by atoms with E-state index >= 15 is 0 Å². The van der Waals surface area contributed by atoms with Crippen LogP contribution in [0.2, 0.25) is 0 Å². The largest absolute Gasteiger partial charge is 0.387 e. The Bertz CT molecular complexity index is 540. The van der Waals surface area contributed by atoms with Crippen molar-refractivity contribution in [2.75, 3.05) is 4.90 Å². The molecule has 3 rings (SSSR count). The van der Waals surface area contributed by atoms with Crippen LogP contribution in [0, 0.1) is 0 Å². The van der Waals surface area contributed by atoms with Gasteiger partial charge in [-0.3, -0.25) is 4.98 Å². The Labute approximate surface area is 113 Å². The molecule has 1 aliphatic rings. The zero-order chi connectivity index (χ0) is 13.2. The van der Waals surface area contributed by atoms with E-state index in [1.165, 1.54) is 11.1 Å².